The van der Waals surface area contributed by atoms with Gasteiger partial charge in [0.25, 0.3) is 0 Å². The van der Waals surface area contributed by atoms with E-state index in [1.807, 2.05) is 49.4 Å². The SMILES string of the molecule is COC(=O)CC1C(=O)N(C)c2ccc(Cl)cc2C1(C)c1ccccc1. The van der Waals surface area contributed by atoms with E-state index in [1.165, 1.54) is 7.11 Å². The predicted octanol–water partition coefficient (Wildman–Crippen LogP) is 3.80. The Kier molecular flexibility index (Phi) is 4.56. The van der Waals surface area contributed by atoms with E-state index in [-0.39, 0.29) is 12.3 Å². The Morgan fingerprint density at radius 2 is 1.92 bits per heavy atom. The summed E-state index contributed by atoms with van der Waals surface area (Å²) < 4.78 is 4.84. The molecule has 2 aromatic rings. The van der Waals surface area contributed by atoms with Gasteiger partial charge in [0, 0.05) is 23.2 Å². The highest BCUT2D eigenvalue weighted by molar-refractivity contribution is 6.30. The fraction of sp³-hybridized carbons (Fsp3) is 0.300. The molecular weight excluding hydrogens is 338 g/mol. The second-order valence-electron chi connectivity index (χ2n) is 6.46. The Morgan fingerprint density at radius 3 is 2.56 bits per heavy atom. The summed E-state index contributed by atoms with van der Waals surface area (Å²) in [6.45, 7) is 2.00. The molecule has 25 heavy (non-hydrogen) atoms. The van der Waals surface area contributed by atoms with E-state index in [2.05, 4.69) is 0 Å². The van der Waals surface area contributed by atoms with Crippen molar-refractivity contribution < 1.29 is 14.3 Å². The van der Waals surface area contributed by atoms with E-state index in [9.17, 15) is 9.59 Å². The Labute approximate surface area is 152 Å². The highest BCUT2D eigenvalue weighted by Gasteiger charge is 2.49. The molecule has 0 saturated carbocycles. The molecule has 1 aliphatic heterocycles. The summed E-state index contributed by atoms with van der Waals surface area (Å²) in [6.07, 6.45) is 0.0109. The molecular formula is C20H20ClNO3. The molecule has 2 aromatic carbocycles. The van der Waals surface area contributed by atoms with Gasteiger partial charge in [0.1, 0.15) is 0 Å². The van der Waals surface area contributed by atoms with Crippen molar-refractivity contribution in [2.24, 2.45) is 5.92 Å². The van der Waals surface area contributed by atoms with Gasteiger partial charge in [0.2, 0.25) is 5.91 Å². The number of anilines is 1. The first-order valence-electron chi connectivity index (χ1n) is 8.09. The molecule has 0 N–H and O–H groups in total. The number of benzene rings is 2. The number of ether oxygens (including phenoxy) is 1. The van der Waals surface area contributed by atoms with Gasteiger partial charge in [-0.05, 0) is 29.3 Å². The van der Waals surface area contributed by atoms with Crippen molar-refractivity contribution in [1.82, 2.24) is 0 Å². The average molecular weight is 358 g/mol. The van der Waals surface area contributed by atoms with Crippen LogP contribution in [-0.2, 0) is 19.7 Å². The molecule has 0 radical (unpaired) electrons. The molecule has 130 valence electrons. The number of amides is 1. The zero-order valence-electron chi connectivity index (χ0n) is 14.5. The maximum atomic E-state index is 13.1. The lowest BCUT2D eigenvalue weighted by atomic mass is 9.63. The molecule has 0 spiro atoms. The highest BCUT2D eigenvalue weighted by atomic mass is 35.5. The number of fused-ring (bicyclic) bond motifs is 1. The van der Waals surface area contributed by atoms with Crippen LogP contribution in [0.1, 0.15) is 24.5 Å². The molecule has 0 saturated heterocycles. The molecule has 4 nitrogen and oxygen atoms in total. The van der Waals surface area contributed by atoms with E-state index in [0.717, 1.165) is 16.8 Å². The lowest BCUT2D eigenvalue weighted by Crippen LogP contribution is -2.50. The smallest absolute Gasteiger partial charge is 0.306 e. The normalized spacial score (nSPS) is 22.5. The lowest BCUT2D eigenvalue weighted by Gasteiger charge is -2.45. The van der Waals surface area contributed by atoms with Crippen molar-refractivity contribution >= 4 is 29.2 Å². The molecule has 2 atom stereocenters. The van der Waals surface area contributed by atoms with Crippen molar-refractivity contribution in [1.29, 1.82) is 0 Å². The second-order valence-corrected chi connectivity index (χ2v) is 6.90. The van der Waals surface area contributed by atoms with Crippen LogP contribution in [0, 0.1) is 5.92 Å². The summed E-state index contributed by atoms with van der Waals surface area (Å²) in [7, 11) is 3.06. The number of carbonyl (C=O) groups excluding carboxylic acids is 2. The zero-order valence-corrected chi connectivity index (χ0v) is 15.2. The molecule has 0 bridgehead atoms. The molecule has 5 heteroatoms. The van der Waals surface area contributed by atoms with Crippen LogP contribution in [0.5, 0.6) is 0 Å². The van der Waals surface area contributed by atoms with Gasteiger partial charge in [0.15, 0.2) is 0 Å². The second kappa shape index (κ2) is 6.52. The Balaban J connectivity index is 2.27. The van der Waals surface area contributed by atoms with Crippen LogP contribution in [0.4, 0.5) is 5.69 Å². The van der Waals surface area contributed by atoms with Crippen LogP contribution in [0.15, 0.2) is 48.5 Å². The number of halogens is 1. The Bertz CT molecular complexity index is 821. The largest absolute Gasteiger partial charge is 0.469 e. The third kappa shape index (κ3) is 2.81. The Hall–Kier alpha value is -2.33. The van der Waals surface area contributed by atoms with Crippen molar-refractivity contribution in [3.8, 4) is 0 Å². The summed E-state index contributed by atoms with van der Waals surface area (Å²) in [5.74, 6) is -1.08. The zero-order chi connectivity index (χ0) is 18.2. The minimum absolute atomic E-state index is 0.0109. The van der Waals surface area contributed by atoms with Crippen LogP contribution in [0.25, 0.3) is 0 Å². The van der Waals surface area contributed by atoms with Gasteiger partial charge in [-0.25, -0.2) is 0 Å². The molecule has 0 aromatic heterocycles. The number of methoxy groups -OCH3 is 1. The molecule has 3 rings (SSSR count). The summed E-state index contributed by atoms with van der Waals surface area (Å²) in [4.78, 5) is 26.7. The van der Waals surface area contributed by atoms with Gasteiger partial charge in [-0.2, -0.15) is 0 Å². The number of hydrogen-bond acceptors (Lipinski definition) is 3. The van der Waals surface area contributed by atoms with Crippen LogP contribution in [0.3, 0.4) is 0 Å². The molecule has 0 fully saturated rings. The topological polar surface area (TPSA) is 46.6 Å². The minimum Gasteiger partial charge on any atom is -0.469 e. The number of nitrogens with zero attached hydrogens (tertiary/aromatic N) is 1. The summed E-state index contributed by atoms with van der Waals surface area (Å²) in [5, 5.41) is 0.598. The third-order valence-electron chi connectivity index (χ3n) is 5.18. The molecule has 1 aliphatic rings. The quantitative estimate of drug-likeness (QED) is 0.785. The van der Waals surface area contributed by atoms with Crippen LogP contribution in [0.2, 0.25) is 5.02 Å². The molecule has 2 unspecified atom stereocenters. The number of carbonyl (C=O) groups is 2. The van der Waals surface area contributed by atoms with Crippen molar-refractivity contribution in [2.75, 3.05) is 19.1 Å². The van der Waals surface area contributed by atoms with Crippen LogP contribution in [-0.4, -0.2) is 26.0 Å². The molecule has 0 aliphatic carbocycles. The van der Waals surface area contributed by atoms with Gasteiger partial charge in [0.05, 0.1) is 19.4 Å². The molecule has 1 amide bonds. The lowest BCUT2D eigenvalue weighted by molar-refractivity contribution is -0.144. The third-order valence-corrected chi connectivity index (χ3v) is 5.41. The van der Waals surface area contributed by atoms with Gasteiger partial charge >= 0.3 is 5.97 Å². The number of esters is 1. The van der Waals surface area contributed by atoms with E-state index in [4.69, 9.17) is 16.3 Å². The summed E-state index contributed by atoms with van der Waals surface area (Å²) in [5.41, 5.74) is 2.03. The minimum atomic E-state index is -0.681. The van der Waals surface area contributed by atoms with E-state index < -0.39 is 17.3 Å². The monoisotopic (exact) mass is 357 g/mol. The van der Waals surface area contributed by atoms with Crippen molar-refractivity contribution in [2.45, 2.75) is 18.8 Å². The first kappa shape index (κ1) is 17.5. The van der Waals surface area contributed by atoms with E-state index in [1.54, 1.807) is 18.0 Å². The average Bonchev–Trinajstić information content (AvgIpc) is 2.63. The van der Waals surface area contributed by atoms with Gasteiger partial charge in [-0.3, -0.25) is 9.59 Å². The predicted molar refractivity (Wildman–Crippen MR) is 97.9 cm³/mol. The first-order valence-corrected chi connectivity index (χ1v) is 8.47. The van der Waals surface area contributed by atoms with Crippen molar-refractivity contribution in [3.05, 3.63) is 64.7 Å². The van der Waals surface area contributed by atoms with Gasteiger partial charge in [-0.15, -0.1) is 0 Å². The van der Waals surface area contributed by atoms with Crippen LogP contribution >= 0.6 is 11.6 Å². The van der Waals surface area contributed by atoms with Gasteiger partial charge < -0.3 is 9.64 Å². The van der Waals surface area contributed by atoms with Crippen LogP contribution < -0.4 is 4.90 Å². The van der Waals surface area contributed by atoms with Crippen molar-refractivity contribution in [3.63, 3.8) is 0 Å². The number of rotatable bonds is 3. The summed E-state index contributed by atoms with van der Waals surface area (Å²) >= 11 is 6.26. The van der Waals surface area contributed by atoms with Gasteiger partial charge in [-0.1, -0.05) is 48.9 Å². The summed E-state index contributed by atoms with van der Waals surface area (Å²) in [6, 6.07) is 15.3. The number of hydrogen-bond donors (Lipinski definition) is 0. The fourth-order valence-electron chi connectivity index (χ4n) is 3.69. The fourth-order valence-corrected chi connectivity index (χ4v) is 3.86. The van der Waals surface area contributed by atoms with E-state index >= 15 is 0 Å². The highest BCUT2D eigenvalue weighted by Crippen LogP contribution is 2.49. The standard InChI is InChI=1S/C20H20ClNO3/c1-20(13-7-5-4-6-8-13)15-11-14(21)9-10-17(15)22(2)19(24)16(20)12-18(23)25-3/h4-11,16H,12H2,1-3H3. The van der Waals surface area contributed by atoms with E-state index in [0.29, 0.717) is 5.02 Å². The Morgan fingerprint density at radius 1 is 1.24 bits per heavy atom. The first-order chi connectivity index (χ1) is 11.9. The molecule has 1 heterocycles. The maximum Gasteiger partial charge on any atom is 0.306 e. The maximum absolute atomic E-state index is 13.1.